The lowest BCUT2D eigenvalue weighted by Crippen LogP contribution is -2.06. The third-order valence-electron chi connectivity index (χ3n) is 0.180. The summed E-state index contributed by atoms with van der Waals surface area (Å²) in [5, 5.41) is 4.28. The average Bonchev–Trinajstić information content (AvgIpc) is 1.35. The van der Waals surface area contributed by atoms with E-state index in [-0.39, 0.29) is 0 Å². The molecule has 0 amide bonds. The molecule has 5 heteroatoms. The van der Waals surface area contributed by atoms with Crippen molar-refractivity contribution < 1.29 is 8.42 Å². The molecule has 0 fully saturated rings. The second-order valence-corrected chi connectivity index (χ2v) is 1.93. The van der Waals surface area contributed by atoms with Gasteiger partial charge in [-0.25, -0.2) is 5.14 Å². The van der Waals surface area contributed by atoms with E-state index in [0.717, 1.165) is 0 Å². The van der Waals surface area contributed by atoms with Crippen molar-refractivity contribution in [1.29, 1.82) is 0 Å². The van der Waals surface area contributed by atoms with Gasteiger partial charge in [0.1, 0.15) is 0 Å². The lowest BCUT2D eigenvalue weighted by atomic mass is 11.8. The van der Waals surface area contributed by atoms with Gasteiger partial charge in [-0.3, -0.25) is 0 Å². The molecule has 0 rings (SSSR count). The summed E-state index contributed by atoms with van der Waals surface area (Å²) in [5.41, 5.74) is 0. The van der Waals surface area contributed by atoms with Crippen LogP contribution in [-0.4, -0.2) is 15.1 Å². The predicted molar refractivity (Wildman–Crippen MR) is 22.7 cm³/mol. The van der Waals surface area contributed by atoms with Gasteiger partial charge in [0.2, 0.25) is 0 Å². The van der Waals surface area contributed by atoms with Crippen LogP contribution in [0.15, 0.2) is 4.40 Å². The summed E-state index contributed by atoms with van der Waals surface area (Å²) in [6.07, 6.45) is 0. The molecule has 0 aliphatic heterocycles. The first-order valence-electron chi connectivity index (χ1n) is 1.07. The Balaban J connectivity index is 4.25. The summed E-state index contributed by atoms with van der Waals surface area (Å²) < 4.78 is 21.6. The normalized spacial score (nSPS) is 10.8. The molecule has 0 bridgehead atoms. The number of hydrogen-bond acceptors (Lipinski definition) is 2. The van der Waals surface area contributed by atoms with E-state index in [2.05, 4.69) is 16.3 Å². The largest absolute Gasteiger partial charge is 0.316 e. The Bertz CT molecular complexity index is 122. The van der Waals surface area contributed by atoms with Gasteiger partial charge in [-0.1, -0.05) is 0 Å². The van der Waals surface area contributed by atoms with Gasteiger partial charge in [-0.15, -0.1) is 0 Å². The first kappa shape index (κ1) is 5.58. The fraction of sp³-hybridized carbons (Fsp3) is 0. The van der Waals surface area contributed by atoms with Crippen molar-refractivity contribution >= 4 is 16.9 Å². The summed E-state index contributed by atoms with van der Waals surface area (Å²) in [5.74, 6) is 0. The Morgan fingerprint density at radius 2 is 1.83 bits per heavy atom. The quantitative estimate of drug-likeness (QED) is 0.432. The highest BCUT2D eigenvalue weighted by Crippen LogP contribution is 1.68. The van der Waals surface area contributed by atoms with Crippen molar-refractivity contribution in [2.24, 2.45) is 9.54 Å². The number of nitrogens with zero attached hydrogens (tertiary/aromatic N) is 1. The van der Waals surface area contributed by atoms with Crippen LogP contribution < -0.4 is 5.14 Å². The molecular weight excluding hydrogens is 104 g/mol. The third kappa shape index (κ3) is 3.58. The van der Waals surface area contributed by atoms with E-state index in [1.165, 1.54) is 0 Å². The van der Waals surface area contributed by atoms with Gasteiger partial charge in [0.15, 0.2) is 0 Å². The van der Waals surface area contributed by atoms with Gasteiger partial charge in [-0.05, 0) is 0 Å². The standard InChI is InChI=1S/CH4N2O2S/c1-3-6(2,4)5/h1H2,(H2,2,4,5). The van der Waals surface area contributed by atoms with E-state index in [4.69, 9.17) is 0 Å². The summed E-state index contributed by atoms with van der Waals surface area (Å²) in [7, 11) is -3.65. The van der Waals surface area contributed by atoms with Gasteiger partial charge in [-0.2, -0.15) is 12.8 Å². The first-order chi connectivity index (χ1) is 2.56. The summed E-state index contributed by atoms with van der Waals surface area (Å²) in [4.78, 5) is 0. The zero-order chi connectivity index (χ0) is 5.21. The van der Waals surface area contributed by atoms with Crippen LogP contribution in [-0.2, 0) is 10.2 Å². The van der Waals surface area contributed by atoms with E-state index >= 15 is 0 Å². The molecule has 4 nitrogen and oxygen atoms in total. The van der Waals surface area contributed by atoms with Crippen molar-refractivity contribution in [3.05, 3.63) is 0 Å². The minimum Gasteiger partial charge on any atom is -0.210 e. The molecule has 0 aromatic rings. The first-order valence-corrected chi connectivity index (χ1v) is 2.57. The van der Waals surface area contributed by atoms with Crippen LogP contribution in [0.5, 0.6) is 0 Å². The molecule has 0 aromatic carbocycles. The summed E-state index contributed by atoms with van der Waals surface area (Å²) in [6.45, 7) is 2.67. The lowest BCUT2D eigenvalue weighted by Gasteiger charge is -1.75. The van der Waals surface area contributed by atoms with Crippen molar-refractivity contribution in [3.63, 3.8) is 0 Å². The average molecular weight is 108 g/mol. The van der Waals surface area contributed by atoms with Crippen molar-refractivity contribution in [2.75, 3.05) is 0 Å². The minimum absolute atomic E-state index is 2.52. The fourth-order valence-corrected chi connectivity index (χ4v) is 0. The highest BCUT2D eigenvalue weighted by Gasteiger charge is 1.86. The summed E-state index contributed by atoms with van der Waals surface area (Å²) in [6, 6.07) is 0. The second kappa shape index (κ2) is 1.36. The van der Waals surface area contributed by atoms with Crippen LogP contribution in [0.3, 0.4) is 0 Å². The molecule has 6 heavy (non-hydrogen) atoms. The molecule has 0 aromatic heterocycles. The van der Waals surface area contributed by atoms with E-state index in [1.807, 2.05) is 0 Å². The SMILES string of the molecule is C=NS(N)(=O)=O. The molecule has 0 spiro atoms. The highest BCUT2D eigenvalue weighted by atomic mass is 32.2. The molecule has 0 radical (unpaired) electrons. The molecule has 0 saturated heterocycles. The topological polar surface area (TPSA) is 72.5 Å². The molecule has 0 heterocycles. The van der Waals surface area contributed by atoms with Gasteiger partial charge in [0.25, 0.3) is 0 Å². The molecule has 0 atom stereocenters. The fourth-order valence-electron chi connectivity index (χ4n) is 0. The van der Waals surface area contributed by atoms with Crippen molar-refractivity contribution in [3.8, 4) is 0 Å². The van der Waals surface area contributed by atoms with Crippen LogP contribution >= 0.6 is 0 Å². The highest BCUT2D eigenvalue weighted by molar-refractivity contribution is 7.87. The monoisotopic (exact) mass is 108 g/mol. The Morgan fingerprint density at radius 3 is 1.83 bits per heavy atom. The van der Waals surface area contributed by atoms with Crippen molar-refractivity contribution in [2.45, 2.75) is 0 Å². The van der Waals surface area contributed by atoms with E-state index < -0.39 is 10.2 Å². The molecule has 0 unspecified atom stereocenters. The molecule has 36 valence electrons. The van der Waals surface area contributed by atoms with Gasteiger partial charge >= 0.3 is 10.2 Å². The van der Waals surface area contributed by atoms with Crippen LogP contribution in [0.4, 0.5) is 0 Å². The van der Waals surface area contributed by atoms with Gasteiger partial charge in [0, 0.05) is 6.72 Å². The zero-order valence-electron chi connectivity index (χ0n) is 2.96. The zero-order valence-corrected chi connectivity index (χ0v) is 3.77. The molecule has 0 aliphatic carbocycles. The Morgan fingerprint density at radius 1 is 1.67 bits per heavy atom. The van der Waals surface area contributed by atoms with Crippen molar-refractivity contribution in [1.82, 2.24) is 0 Å². The van der Waals surface area contributed by atoms with Gasteiger partial charge < -0.3 is 0 Å². The Kier molecular flexibility index (Phi) is 1.26. The van der Waals surface area contributed by atoms with Crippen LogP contribution in [0.2, 0.25) is 0 Å². The van der Waals surface area contributed by atoms with E-state index in [1.54, 1.807) is 0 Å². The van der Waals surface area contributed by atoms with Crippen LogP contribution in [0, 0.1) is 0 Å². The maximum atomic E-state index is 9.55. The van der Waals surface area contributed by atoms with Crippen LogP contribution in [0.1, 0.15) is 0 Å². The molecule has 0 saturated carbocycles. The second-order valence-electron chi connectivity index (χ2n) is 0.644. The van der Waals surface area contributed by atoms with E-state index in [0.29, 0.717) is 0 Å². The lowest BCUT2D eigenvalue weighted by molar-refractivity contribution is 0.600. The minimum atomic E-state index is -3.65. The Labute approximate surface area is 35.9 Å². The molecule has 2 N–H and O–H groups in total. The maximum absolute atomic E-state index is 9.55. The Hall–Kier alpha value is -0.420. The molecule has 0 aliphatic rings. The number of hydrogen-bond donors (Lipinski definition) is 1. The van der Waals surface area contributed by atoms with Gasteiger partial charge in [0.05, 0.1) is 0 Å². The maximum Gasteiger partial charge on any atom is 0.316 e. The number of nitrogens with two attached hydrogens (primary N) is 1. The third-order valence-corrected chi connectivity index (χ3v) is 0.540. The van der Waals surface area contributed by atoms with Crippen LogP contribution in [0.25, 0.3) is 0 Å². The smallest absolute Gasteiger partial charge is 0.210 e. The summed E-state index contributed by atoms with van der Waals surface area (Å²) >= 11 is 0. The molecular formula is CH4N2O2S. The predicted octanol–water partition coefficient (Wildman–Crippen LogP) is -1.11. The van der Waals surface area contributed by atoms with E-state index in [9.17, 15) is 8.42 Å². The number of rotatable bonds is 1.